The summed E-state index contributed by atoms with van der Waals surface area (Å²) < 4.78 is 39.5. The van der Waals surface area contributed by atoms with E-state index in [1.54, 1.807) is 0 Å². The summed E-state index contributed by atoms with van der Waals surface area (Å²) in [4.78, 5) is 18.9. The molecule has 0 atom stereocenters. The molecule has 0 saturated heterocycles. The van der Waals surface area contributed by atoms with Crippen LogP contribution in [0.3, 0.4) is 0 Å². The van der Waals surface area contributed by atoms with Gasteiger partial charge >= 0.3 is 0 Å². The average Bonchev–Trinajstić information content (AvgIpc) is 2.92. The van der Waals surface area contributed by atoms with Gasteiger partial charge in [-0.15, -0.1) is 0 Å². The minimum atomic E-state index is 0.00473. The van der Waals surface area contributed by atoms with Crippen molar-refractivity contribution in [2.75, 3.05) is 139 Å². The molecule has 40 heavy (non-hydrogen) atoms. The number of hydrogen-bond donors (Lipinski definition) is 1. The van der Waals surface area contributed by atoms with Gasteiger partial charge in [0, 0.05) is 33.0 Å². The second-order valence-corrected chi connectivity index (χ2v) is 9.67. The van der Waals surface area contributed by atoms with Crippen molar-refractivity contribution in [2.24, 2.45) is 9.98 Å². The van der Waals surface area contributed by atoms with Crippen molar-refractivity contribution in [3.8, 4) is 0 Å². The highest BCUT2D eigenvalue weighted by Gasteiger charge is 2.13. The fourth-order valence-electron chi connectivity index (χ4n) is 3.19. The highest BCUT2D eigenvalue weighted by atomic mass is 16.6. The zero-order valence-corrected chi connectivity index (χ0v) is 25.7. The number of hydrogen-bond acceptors (Lipinski definition) is 10. The third-order valence-corrected chi connectivity index (χ3v) is 5.50. The van der Waals surface area contributed by atoms with Gasteiger partial charge in [0.1, 0.15) is 6.54 Å². The lowest BCUT2D eigenvalue weighted by molar-refractivity contribution is -0.890. The molecule has 12 nitrogen and oxygen atoms in total. The van der Waals surface area contributed by atoms with Crippen LogP contribution in [0.2, 0.25) is 0 Å². The molecule has 0 aliphatic carbocycles. The van der Waals surface area contributed by atoms with Gasteiger partial charge in [0.25, 0.3) is 0 Å². The van der Waals surface area contributed by atoms with Gasteiger partial charge in [-0.25, -0.2) is 9.98 Å². The van der Waals surface area contributed by atoms with E-state index in [0.717, 1.165) is 49.9 Å². The van der Waals surface area contributed by atoms with Crippen molar-refractivity contribution in [3.63, 3.8) is 0 Å². The third kappa shape index (κ3) is 32.7. The smallest absolute Gasteiger partial charge is 0.216 e. The third-order valence-electron chi connectivity index (χ3n) is 5.50. The van der Waals surface area contributed by atoms with Gasteiger partial charge in [-0.3, -0.25) is 4.79 Å². The first kappa shape index (κ1) is 38.5. The number of ether oxygens (including phenoxy) is 7. The number of aliphatic imine (C=N–C) groups is 2. The van der Waals surface area contributed by atoms with E-state index in [9.17, 15) is 4.79 Å². The van der Waals surface area contributed by atoms with Crippen LogP contribution in [0, 0.1) is 0 Å². The summed E-state index contributed by atoms with van der Waals surface area (Å²) in [6, 6.07) is 2.71. The monoisotopic (exact) mass is 577 g/mol. The van der Waals surface area contributed by atoms with E-state index in [0.29, 0.717) is 99.0 Å². The first-order chi connectivity index (χ1) is 19.5. The number of rotatable bonds is 31. The quantitative estimate of drug-likeness (QED) is 0.0751. The Balaban J connectivity index is 3.21. The van der Waals surface area contributed by atoms with Crippen molar-refractivity contribution in [1.29, 1.82) is 0 Å². The van der Waals surface area contributed by atoms with E-state index in [-0.39, 0.29) is 5.91 Å². The first-order valence-electron chi connectivity index (χ1n) is 14.7. The Morgan fingerprint density at radius 1 is 0.625 bits per heavy atom. The first-order valence-corrected chi connectivity index (χ1v) is 14.7. The van der Waals surface area contributed by atoms with Gasteiger partial charge < -0.3 is 43.0 Å². The number of quaternary nitrogens is 1. The van der Waals surface area contributed by atoms with E-state index in [1.165, 1.54) is 6.92 Å². The predicted octanol–water partition coefficient (Wildman–Crippen LogP) is 1.68. The Morgan fingerprint density at radius 3 is 1.52 bits per heavy atom. The van der Waals surface area contributed by atoms with Crippen LogP contribution in [0.5, 0.6) is 0 Å². The maximum absolute atomic E-state index is 10.7. The second-order valence-electron chi connectivity index (χ2n) is 9.67. The van der Waals surface area contributed by atoms with Crippen LogP contribution in [0.25, 0.3) is 0 Å². The maximum Gasteiger partial charge on any atom is 0.216 e. The van der Waals surface area contributed by atoms with Gasteiger partial charge in [-0.05, 0) is 19.8 Å². The lowest BCUT2D eigenvalue weighted by Crippen LogP contribution is -2.43. The number of nitrogens with zero attached hydrogens (tertiary/aromatic N) is 3. The molecule has 0 aromatic carbocycles. The normalized spacial score (nSPS) is 11.4. The predicted molar refractivity (Wildman–Crippen MR) is 155 cm³/mol. The Hall–Kier alpha value is -1.47. The van der Waals surface area contributed by atoms with Crippen LogP contribution in [0.1, 0.15) is 33.1 Å². The van der Waals surface area contributed by atoms with E-state index in [1.807, 2.05) is 6.92 Å². The summed E-state index contributed by atoms with van der Waals surface area (Å²) in [7, 11) is 4.41. The summed E-state index contributed by atoms with van der Waals surface area (Å²) >= 11 is 0. The average molecular weight is 578 g/mol. The molecule has 0 radical (unpaired) electrons. The minimum absolute atomic E-state index is 0.00473. The van der Waals surface area contributed by atoms with Crippen molar-refractivity contribution < 1.29 is 42.4 Å². The molecule has 0 aliphatic heterocycles. The van der Waals surface area contributed by atoms with Gasteiger partial charge in [-0.1, -0.05) is 0 Å². The van der Waals surface area contributed by atoms with Gasteiger partial charge in [0.2, 0.25) is 5.91 Å². The number of likely N-dealkylation sites (N-methyl/N-ethyl adjacent to an activating group) is 1. The van der Waals surface area contributed by atoms with Crippen molar-refractivity contribution in [3.05, 3.63) is 0 Å². The van der Waals surface area contributed by atoms with Gasteiger partial charge in [-0.2, -0.15) is 0 Å². The van der Waals surface area contributed by atoms with E-state index in [2.05, 4.69) is 35.4 Å². The van der Waals surface area contributed by atoms with E-state index in [4.69, 9.17) is 33.2 Å². The molecule has 12 heteroatoms. The van der Waals surface area contributed by atoms with Crippen LogP contribution in [0.4, 0.5) is 0 Å². The number of carbonyl (C=O) groups is 1. The fourth-order valence-corrected chi connectivity index (χ4v) is 3.19. The SMILES string of the molecule is CCN=C=NCCC[N+](C)(C)CCOCCOCCOCCOCCOCCOCCOCCCCNC(C)=O. The Morgan fingerprint density at radius 2 is 1.07 bits per heavy atom. The van der Waals surface area contributed by atoms with Crippen LogP contribution < -0.4 is 5.32 Å². The van der Waals surface area contributed by atoms with Crippen molar-refractivity contribution >= 4 is 11.9 Å². The maximum atomic E-state index is 10.7. The number of amides is 1. The van der Waals surface area contributed by atoms with E-state index < -0.39 is 0 Å². The van der Waals surface area contributed by atoms with Crippen molar-refractivity contribution in [1.82, 2.24) is 5.32 Å². The Labute approximate surface area is 242 Å². The zero-order valence-electron chi connectivity index (χ0n) is 25.7. The molecule has 0 rings (SSSR count). The van der Waals surface area contributed by atoms with E-state index >= 15 is 0 Å². The lowest BCUT2D eigenvalue weighted by atomic mass is 10.3. The second kappa shape index (κ2) is 30.5. The van der Waals surface area contributed by atoms with Crippen LogP contribution in [-0.4, -0.2) is 156 Å². The highest BCUT2D eigenvalue weighted by molar-refractivity contribution is 5.72. The fraction of sp³-hybridized carbons (Fsp3) is 0.929. The van der Waals surface area contributed by atoms with Crippen LogP contribution >= 0.6 is 0 Å². The molecule has 236 valence electrons. The molecule has 0 spiro atoms. The number of carbonyl (C=O) groups excluding carboxylic acids is 1. The summed E-state index contributed by atoms with van der Waals surface area (Å²) in [5.41, 5.74) is 0. The minimum Gasteiger partial charge on any atom is -0.379 e. The number of unbranched alkanes of at least 4 members (excludes halogenated alkanes) is 1. The lowest BCUT2D eigenvalue weighted by Gasteiger charge is -2.29. The van der Waals surface area contributed by atoms with Crippen molar-refractivity contribution in [2.45, 2.75) is 33.1 Å². The summed E-state index contributed by atoms with van der Waals surface area (Å²) in [5, 5.41) is 2.76. The topological polar surface area (TPSA) is 118 Å². The molecular formula is C28H57N4O8+. The largest absolute Gasteiger partial charge is 0.379 e. The molecule has 1 N–H and O–H groups in total. The van der Waals surface area contributed by atoms with Crippen LogP contribution in [0.15, 0.2) is 9.98 Å². The Kier molecular flexibility index (Phi) is 29.4. The summed E-state index contributed by atoms with van der Waals surface area (Å²) in [6.07, 6.45) is 2.85. The molecule has 1 amide bonds. The highest BCUT2D eigenvalue weighted by Crippen LogP contribution is 1.99. The van der Waals surface area contributed by atoms with Gasteiger partial charge in [0.15, 0.2) is 0 Å². The molecule has 0 aromatic heterocycles. The molecule has 0 aromatic rings. The molecule has 0 heterocycles. The molecular weight excluding hydrogens is 520 g/mol. The Bertz CT molecular complexity index is 619. The standard InChI is InChI=1S/C28H56N4O8/c1-5-29-27-30-9-8-11-32(3,4)12-14-35-16-18-37-20-22-39-24-26-40-25-23-38-21-19-36-17-15-34-13-7-6-10-31-28(2)33/h5-26H2,1-4H3/p+1. The molecule has 0 unspecified atom stereocenters. The molecule has 0 saturated carbocycles. The molecule has 0 fully saturated rings. The summed E-state index contributed by atoms with van der Waals surface area (Å²) in [6.45, 7) is 15.6. The summed E-state index contributed by atoms with van der Waals surface area (Å²) in [5.74, 6) is 0.00473. The molecule has 0 bridgehead atoms. The number of nitrogens with one attached hydrogen (secondary N) is 1. The van der Waals surface area contributed by atoms with Gasteiger partial charge in [0.05, 0.1) is 119 Å². The molecule has 0 aliphatic rings. The van der Waals surface area contributed by atoms with Crippen LogP contribution in [-0.2, 0) is 38.0 Å². The zero-order chi connectivity index (χ0) is 29.4.